The van der Waals surface area contributed by atoms with Crippen LogP contribution in [0.3, 0.4) is 0 Å². The number of rotatable bonds is 5. The number of thiophene rings is 1. The summed E-state index contributed by atoms with van der Waals surface area (Å²) in [4.78, 5) is 7.34. The van der Waals surface area contributed by atoms with Gasteiger partial charge in [0.1, 0.15) is 0 Å². The van der Waals surface area contributed by atoms with Gasteiger partial charge in [-0.3, -0.25) is 0 Å². The third kappa shape index (κ3) is 5.80. The highest BCUT2D eigenvalue weighted by Gasteiger charge is 2.18. The molecule has 0 bridgehead atoms. The minimum atomic E-state index is 0.143. The van der Waals surface area contributed by atoms with Crippen LogP contribution in [-0.2, 0) is 6.54 Å². The fourth-order valence-electron chi connectivity index (χ4n) is 2.75. The molecule has 1 aliphatic heterocycles. The Morgan fingerprint density at radius 1 is 1.38 bits per heavy atom. The first-order chi connectivity index (χ1) is 10.2. The quantitative estimate of drug-likeness (QED) is 0.845. The molecule has 0 unspecified atom stereocenters. The number of hydrogen-bond donors (Lipinski definition) is 1. The molecular weight excluding hydrogens is 280 g/mol. The van der Waals surface area contributed by atoms with Crippen LogP contribution in [0.2, 0.25) is 0 Å². The molecule has 1 N–H and O–H groups in total. The van der Waals surface area contributed by atoms with Crippen molar-refractivity contribution in [2.75, 3.05) is 40.3 Å². The van der Waals surface area contributed by atoms with Crippen molar-refractivity contribution in [3.05, 3.63) is 21.9 Å². The summed E-state index contributed by atoms with van der Waals surface area (Å²) in [6.45, 7) is 4.82. The van der Waals surface area contributed by atoms with E-state index >= 15 is 0 Å². The average Bonchev–Trinajstić information content (AvgIpc) is 2.89. The zero-order chi connectivity index (χ0) is 15.1. The monoisotopic (exact) mass is 306 g/mol. The summed E-state index contributed by atoms with van der Waals surface area (Å²) < 4.78 is 0. The van der Waals surface area contributed by atoms with Gasteiger partial charge in [0.15, 0.2) is 0 Å². The topological polar surface area (TPSA) is 26.7 Å². The molecule has 116 valence electrons. The Kier molecular flexibility index (Phi) is 6.72. The van der Waals surface area contributed by atoms with E-state index in [1.165, 1.54) is 37.4 Å². The van der Waals surface area contributed by atoms with E-state index in [-0.39, 0.29) is 6.61 Å². The molecule has 0 aliphatic carbocycles. The third-order valence-corrected chi connectivity index (χ3v) is 4.93. The molecule has 0 aromatic carbocycles. The summed E-state index contributed by atoms with van der Waals surface area (Å²) in [5.74, 6) is 6.93. The van der Waals surface area contributed by atoms with Crippen LogP contribution >= 0.6 is 11.3 Å². The molecule has 3 nitrogen and oxygen atoms in total. The van der Waals surface area contributed by atoms with E-state index in [0.717, 1.165) is 17.3 Å². The predicted octanol–water partition coefficient (Wildman–Crippen LogP) is 2.26. The van der Waals surface area contributed by atoms with E-state index in [0.29, 0.717) is 6.42 Å². The van der Waals surface area contributed by atoms with Crippen molar-refractivity contribution >= 4 is 11.3 Å². The van der Waals surface area contributed by atoms with E-state index in [4.69, 9.17) is 5.11 Å². The second-order valence-electron chi connectivity index (χ2n) is 5.98. The highest BCUT2D eigenvalue weighted by Crippen LogP contribution is 2.20. The van der Waals surface area contributed by atoms with Crippen molar-refractivity contribution in [1.82, 2.24) is 9.80 Å². The van der Waals surface area contributed by atoms with Gasteiger partial charge in [0.05, 0.1) is 11.5 Å². The standard InChI is InChI=1S/C17H26N2OS/c1-18-10-8-15(9-11-18)13-19(2)14-17-7-6-16(21-17)5-3-4-12-20/h6-7,15,20H,4,8-14H2,1-2H3. The zero-order valence-electron chi connectivity index (χ0n) is 13.1. The van der Waals surface area contributed by atoms with E-state index < -0.39 is 0 Å². The van der Waals surface area contributed by atoms with Crippen molar-refractivity contribution in [2.24, 2.45) is 5.92 Å². The summed E-state index contributed by atoms with van der Waals surface area (Å²) >= 11 is 1.77. The van der Waals surface area contributed by atoms with Crippen LogP contribution in [0.25, 0.3) is 0 Å². The molecule has 0 spiro atoms. The van der Waals surface area contributed by atoms with Gasteiger partial charge in [0.2, 0.25) is 0 Å². The molecule has 1 saturated heterocycles. The fraction of sp³-hybridized carbons (Fsp3) is 0.647. The first-order valence-electron chi connectivity index (χ1n) is 7.73. The van der Waals surface area contributed by atoms with Gasteiger partial charge in [-0.1, -0.05) is 11.8 Å². The maximum absolute atomic E-state index is 8.73. The second-order valence-corrected chi connectivity index (χ2v) is 7.15. The average molecular weight is 306 g/mol. The van der Waals surface area contributed by atoms with Crippen LogP contribution in [-0.4, -0.2) is 55.2 Å². The van der Waals surface area contributed by atoms with Crippen LogP contribution < -0.4 is 0 Å². The first kappa shape index (κ1) is 16.5. The molecule has 21 heavy (non-hydrogen) atoms. The van der Waals surface area contributed by atoms with Crippen molar-refractivity contribution in [2.45, 2.75) is 25.8 Å². The SMILES string of the molecule is CN1CCC(CN(C)Cc2ccc(C#CCCO)s2)CC1. The largest absolute Gasteiger partial charge is 0.395 e. The second kappa shape index (κ2) is 8.55. The molecule has 0 saturated carbocycles. The maximum Gasteiger partial charge on any atom is 0.0771 e. The lowest BCUT2D eigenvalue weighted by Crippen LogP contribution is -2.35. The maximum atomic E-state index is 8.73. The number of hydrogen-bond acceptors (Lipinski definition) is 4. The van der Waals surface area contributed by atoms with Crippen LogP contribution in [0.4, 0.5) is 0 Å². The number of aliphatic hydroxyl groups excluding tert-OH is 1. The third-order valence-electron chi connectivity index (χ3n) is 3.94. The Morgan fingerprint density at radius 3 is 2.86 bits per heavy atom. The van der Waals surface area contributed by atoms with Gasteiger partial charge in [-0.25, -0.2) is 0 Å². The highest BCUT2D eigenvalue weighted by atomic mass is 32.1. The lowest BCUT2D eigenvalue weighted by molar-refractivity contribution is 0.174. The number of piperidine rings is 1. The van der Waals surface area contributed by atoms with Gasteiger partial charge in [-0.15, -0.1) is 11.3 Å². The normalized spacial score (nSPS) is 17.0. The number of nitrogens with zero attached hydrogens (tertiary/aromatic N) is 2. The number of likely N-dealkylation sites (tertiary alicyclic amines) is 1. The van der Waals surface area contributed by atoms with Crippen molar-refractivity contribution < 1.29 is 5.11 Å². The first-order valence-corrected chi connectivity index (χ1v) is 8.54. The van der Waals surface area contributed by atoms with Crippen LogP contribution in [0.15, 0.2) is 12.1 Å². The predicted molar refractivity (Wildman–Crippen MR) is 89.5 cm³/mol. The van der Waals surface area contributed by atoms with Crippen molar-refractivity contribution in [3.63, 3.8) is 0 Å². The molecule has 0 radical (unpaired) electrons. The van der Waals surface area contributed by atoms with Gasteiger partial charge >= 0.3 is 0 Å². The molecule has 2 rings (SSSR count). The Bertz CT molecular complexity index is 480. The zero-order valence-corrected chi connectivity index (χ0v) is 14.0. The van der Waals surface area contributed by atoms with E-state index in [1.807, 2.05) is 0 Å². The van der Waals surface area contributed by atoms with Gasteiger partial charge < -0.3 is 14.9 Å². The molecule has 4 heteroatoms. The molecule has 0 atom stereocenters. The lowest BCUT2D eigenvalue weighted by Gasteiger charge is -2.31. The Balaban J connectivity index is 1.77. The van der Waals surface area contributed by atoms with Crippen molar-refractivity contribution in [1.29, 1.82) is 0 Å². The van der Waals surface area contributed by atoms with E-state index in [9.17, 15) is 0 Å². The van der Waals surface area contributed by atoms with Crippen LogP contribution in [0.5, 0.6) is 0 Å². The van der Waals surface area contributed by atoms with Gasteiger partial charge in [0, 0.05) is 24.4 Å². The number of aliphatic hydroxyl groups is 1. The van der Waals surface area contributed by atoms with E-state index in [2.05, 4.69) is 47.9 Å². The molecule has 0 amide bonds. The molecule has 1 aromatic rings. The van der Waals surface area contributed by atoms with Crippen LogP contribution in [0.1, 0.15) is 29.0 Å². The van der Waals surface area contributed by atoms with Gasteiger partial charge in [-0.2, -0.15) is 0 Å². The summed E-state index contributed by atoms with van der Waals surface area (Å²) in [6.07, 6.45) is 3.20. The fourth-order valence-corrected chi connectivity index (χ4v) is 3.71. The van der Waals surface area contributed by atoms with E-state index in [1.54, 1.807) is 11.3 Å². The molecule has 1 fully saturated rings. The summed E-state index contributed by atoms with van der Waals surface area (Å²) in [5, 5.41) is 8.73. The van der Waals surface area contributed by atoms with Gasteiger partial charge in [-0.05, 0) is 58.1 Å². The minimum Gasteiger partial charge on any atom is -0.395 e. The van der Waals surface area contributed by atoms with Crippen molar-refractivity contribution in [3.8, 4) is 11.8 Å². The molecule has 1 aromatic heterocycles. The highest BCUT2D eigenvalue weighted by molar-refractivity contribution is 7.12. The Morgan fingerprint density at radius 2 is 2.14 bits per heavy atom. The molecule has 2 heterocycles. The van der Waals surface area contributed by atoms with Crippen LogP contribution in [0, 0.1) is 17.8 Å². The Labute approximate surface area is 132 Å². The minimum absolute atomic E-state index is 0.143. The van der Waals surface area contributed by atoms with Gasteiger partial charge in [0.25, 0.3) is 0 Å². The molecular formula is C17H26N2OS. The Hall–Kier alpha value is -0.860. The summed E-state index contributed by atoms with van der Waals surface area (Å²) in [5.41, 5.74) is 0. The molecule has 1 aliphatic rings. The summed E-state index contributed by atoms with van der Waals surface area (Å²) in [7, 11) is 4.43. The summed E-state index contributed by atoms with van der Waals surface area (Å²) in [6, 6.07) is 4.27. The lowest BCUT2D eigenvalue weighted by atomic mass is 9.97. The smallest absolute Gasteiger partial charge is 0.0771 e.